The number of rotatable bonds is 7. The number of nitrogens with one attached hydrogen (secondary N) is 1. The summed E-state index contributed by atoms with van der Waals surface area (Å²) in [6, 6.07) is 20.4. The maximum atomic E-state index is 12.6. The van der Waals surface area contributed by atoms with Crippen molar-refractivity contribution in [1.29, 1.82) is 0 Å². The number of carbonyl (C=O) groups is 1. The van der Waals surface area contributed by atoms with Crippen LogP contribution in [0.3, 0.4) is 0 Å². The molecule has 3 N–H and O–H groups in total. The highest BCUT2D eigenvalue weighted by Gasteiger charge is 2.23. The van der Waals surface area contributed by atoms with Crippen molar-refractivity contribution in [2.45, 2.75) is 37.8 Å². The number of hydrogen-bond acceptors (Lipinski definition) is 3. The monoisotopic (exact) mass is 351 g/mol. The fraction of sp³-hybridized carbons (Fsp3) is 0.409. The van der Waals surface area contributed by atoms with E-state index >= 15 is 0 Å². The lowest BCUT2D eigenvalue weighted by Crippen LogP contribution is -2.50. The van der Waals surface area contributed by atoms with Gasteiger partial charge in [0, 0.05) is 25.7 Å². The number of benzene rings is 2. The average Bonchev–Trinajstić information content (AvgIpc) is 2.72. The zero-order chi connectivity index (χ0) is 18.2. The molecule has 0 spiro atoms. The maximum absolute atomic E-state index is 12.6. The van der Waals surface area contributed by atoms with Crippen LogP contribution in [0.1, 0.15) is 36.4 Å². The quantitative estimate of drug-likeness (QED) is 0.806. The first kappa shape index (κ1) is 18.6. The van der Waals surface area contributed by atoms with Gasteiger partial charge in [0.1, 0.15) is 0 Å². The second-order valence-electron chi connectivity index (χ2n) is 7.05. The van der Waals surface area contributed by atoms with E-state index in [4.69, 9.17) is 5.73 Å². The third-order valence-corrected chi connectivity index (χ3v) is 5.05. The molecular formula is C22H29N3O. The zero-order valence-corrected chi connectivity index (χ0v) is 15.3. The van der Waals surface area contributed by atoms with Gasteiger partial charge in [-0.2, -0.15) is 0 Å². The van der Waals surface area contributed by atoms with Gasteiger partial charge in [0.15, 0.2) is 0 Å². The molecule has 3 rings (SSSR count). The number of hydrogen-bond donors (Lipinski definition) is 2. The van der Waals surface area contributed by atoms with Crippen molar-refractivity contribution < 1.29 is 4.79 Å². The molecule has 0 aliphatic carbocycles. The third kappa shape index (κ3) is 5.16. The van der Waals surface area contributed by atoms with Gasteiger partial charge >= 0.3 is 0 Å². The molecule has 0 aromatic heterocycles. The summed E-state index contributed by atoms with van der Waals surface area (Å²) in [6.45, 7) is 2.18. The van der Waals surface area contributed by atoms with Crippen molar-refractivity contribution in [3.8, 4) is 0 Å². The van der Waals surface area contributed by atoms with E-state index in [1.54, 1.807) is 0 Å². The Morgan fingerprint density at radius 1 is 0.962 bits per heavy atom. The molecule has 2 atom stereocenters. The van der Waals surface area contributed by atoms with Gasteiger partial charge in [-0.15, -0.1) is 0 Å². The minimum absolute atomic E-state index is 0.0729. The average molecular weight is 351 g/mol. The van der Waals surface area contributed by atoms with Gasteiger partial charge in [0.2, 0.25) is 5.91 Å². The van der Waals surface area contributed by atoms with E-state index < -0.39 is 6.04 Å². The van der Waals surface area contributed by atoms with E-state index in [0.717, 1.165) is 32.4 Å². The Hall–Kier alpha value is -2.17. The summed E-state index contributed by atoms with van der Waals surface area (Å²) in [7, 11) is 0. The minimum Gasteiger partial charge on any atom is -0.341 e. The van der Waals surface area contributed by atoms with Crippen LogP contribution in [0.4, 0.5) is 0 Å². The molecule has 0 saturated carbocycles. The summed E-state index contributed by atoms with van der Waals surface area (Å²) in [5, 5.41) is 3.53. The van der Waals surface area contributed by atoms with Gasteiger partial charge in [-0.25, -0.2) is 0 Å². The van der Waals surface area contributed by atoms with E-state index in [2.05, 4.69) is 41.7 Å². The summed E-state index contributed by atoms with van der Waals surface area (Å²) in [4.78, 5) is 14.5. The summed E-state index contributed by atoms with van der Waals surface area (Å²) in [6.07, 6.45) is 4.26. The number of piperidine rings is 1. The molecule has 138 valence electrons. The van der Waals surface area contributed by atoms with Crippen LogP contribution in [-0.2, 0) is 11.2 Å². The lowest BCUT2D eigenvalue weighted by Gasteiger charge is -2.30. The molecule has 1 heterocycles. The molecule has 1 fully saturated rings. The summed E-state index contributed by atoms with van der Waals surface area (Å²) in [5.74, 6) is 0.0729. The largest absolute Gasteiger partial charge is 0.341 e. The molecule has 1 saturated heterocycles. The Labute approximate surface area is 156 Å². The van der Waals surface area contributed by atoms with Crippen LogP contribution in [-0.4, -0.2) is 36.5 Å². The molecule has 2 aromatic carbocycles. The molecule has 2 unspecified atom stereocenters. The van der Waals surface area contributed by atoms with Gasteiger partial charge in [-0.05, 0) is 36.8 Å². The van der Waals surface area contributed by atoms with E-state index in [0.29, 0.717) is 6.54 Å². The molecular weight excluding hydrogens is 322 g/mol. The first-order valence-corrected chi connectivity index (χ1v) is 9.60. The Bertz CT molecular complexity index is 668. The SMILES string of the molecule is NC(CNC(Cc1ccccc1)c1ccccc1)C(=O)N1CCCCC1. The summed E-state index contributed by atoms with van der Waals surface area (Å²) >= 11 is 0. The number of nitrogens with zero attached hydrogens (tertiary/aromatic N) is 1. The molecule has 0 radical (unpaired) electrons. The van der Waals surface area contributed by atoms with E-state index in [-0.39, 0.29) is 11.9 Å². The van der Waals surface area contributed by atoms with Gasteiger partial charge in [0.25, 0.3) is 0 Å². The van der Waals surface area contributed by atoms with Gasteiger partial charge in [0.05, 0.1) is 6.04 Å². The molecule has 4 nitrogen and oxygen atoms in total. The Morgan fingerprint density at radius 3 is 2.23 bits per heavy atom. The van der Waals surface area contributed by atoms with Crippen molar-refractivity contribution in [1.82, 2.24) is 10.2 Å². The fourth-order valence-electron chi connectivity index (χ4n) is 3.55. The Kier molecular flexibility index (Phi) is 6.81. The predicted molar refractivity (Wildman–Crippen MR) is 106 cm³/mol. The van der Waals surface area contributed by atoms with Crippen molar-refractivity contribution in [2.75, 3.05) is 19.6 Å². The van der Waals surface area contributed by atoms with E-state index in [9.17, 15) is 4.79 Å². The zero-order valence-electron chi connectivity index (χ0n) is 15.3. The second kappa shape index (κ2) is 9.51. The van der Waals surface area contributed by atoms with Crippen molar-refractivity contribution in [3.63, 3.8) is 0 Å². The van der Waals surface area contributed by atoms with Crippen molar-refractivity contribution in [2.24, 2.45) is 5.73 Å². The Balaban J connectivity index is 1.62. The van der Waals surface area contributed by atoms with Crippen molar-refractivity contribution >= 4 is 5.91 Å². The molecule has 26 heavy (non-hydrogen) atoms. The number of likely N-dealkylation sites (tertiary alicyclic amines) is 1. The van der Waals surface area contributed by atoms with Crippen LogP contribution in [0, 0.1) is 0 Å². The number of amides is 1. The fourth-order valence-corrected chi connectivity index (χ4v) is 3.55. The third-order valence-electron chi connectivity index (χ3n) is 5.05. The van der Waals surface area contributed by atoms with Crippen LogP contribution >= 0.6 is 0 Å². The van der Waals surface area contributed by atoms with E-state index in [1.807, 2.05) is 29.2 Å². The minimum atomic E-state index is -0.491. The van der Waals surface area contributed by atoms with Crippen molar-refractivity contribution in [3.05, 3.63) is 71.8 Å². The topological polar surface area (TPSA) is 58.4 Å². The summed E-state index contributed by atoms with van der Waals surface area (Å²) in [5.41, 5.74) is 8.70. The summed E-state index contributed by atoms with van der Waals surface area (Å²) < 4.78 is 0. The molecule has 1 aliphatic rings. The van der Waals surface area contributed by atoms with Crippen LogP contribution in [0.5, 0.6) is 0 Å². The lowest BCUT2D eigenvalue weighted by atomic mass is 9.98. The predicted octanol–water partition coefficient (Wildman–Crippen LogP) is 2.90. The highest BCUT2D eigenvalue weighted by atomic mass is 16.2. The smallest absolute Gasteiger partial charge is 0.240 e. The van der Waals surface area contributed by atoms with E-state index in [1.165, 1.54) is 17.5 Å². The molecule has 1 amide bonds. The normalized spacial score (nSPS) is 16.9. The van der Waals surface area contributed by atoms with Crippen LogP contribution in [0.15, 0.2) is 60.7 Å². The first-order valence-electron chi connectivity index (χ1n) is 9.60. The van der Waals surface area contributed by atoms with Gasteiger partial charge in [-0.1, -0.05) is 60.7 Å². The molecule has 2 aromatic rings. The first-order chi connectivity index (χ1) is 12.7. The second-order valence-corrected chi connectivity index (χ2v) is 7.05. The number of nitrogens with two attached hydrogens (primary N) is 1. The van der Waals surface area contributed by atoms with Gasteiger partial charge < -0.3 is 16.0 Å². The lowest BCUT2D eigenvalue weighted by molar-refractivity contribution is -0.133. The number of carbonyl (C=O) groups excluding carboxylic acids is 1. The maximum Gasteiger partial charge on any atom is 0.240 e. The Morgan fingerprint density at radius 2 is 1.58 bits per heavy atom. The van der Waals surface area contributed by atoms with Crippen LogP contribution in [0.25, 0.3) is 0 Å². The molecule has 1 aliphatic heterocycles. The van der Waals surface area contributed by atoms with Crippen LogP contribution in [0.2, 0.25) is 0 Å². The van der Waals surface area contributed by atoms with Gasteiger partial charge in [-0.3, -0.25) is 4.79 Å². The highest BCUT2D eigenvalue weighted by Crippen LogP contribution is 2.18. The van der Waals surface area contributed by atoms with Crippen LogP contribution < -0.4 is 11.1 Å². The molecule has 0 bridgehead atoms. The molecule has 4 heteroatoms. The highest BCUT2D eigenvalue weighted by molar-refractivity contribution is 5.82. The standard InChI is InChI=1S/C22H29N3O/c23-20(22(26)25-14-8-3-9-15-25)17-24-21(19-12-6-2-7-13-19)16-18-10-4-1-5-11-18/h1-2,4-7,10-13,20-21,24H,3,8-9,14-17,23H2.